The summed E-state index contributed by atoms with van der Waals surface area (Å²) in [5.74, 6) is 1.89. The van der Waals surface area contributed by atoms with Gasteiger partial charge in [0.25, 0.3) is 0 Å². The van der Waals surface area contributed by atoms with E-state index >= 15 is 0 Å². The number of aromatic nitrogens is 1. The van der Waals surface area contributed by atoms with Crippen molar-refractivity contribution in [3.63, 3.8) is 0 Å². The van der Waals surface area contributed by atoms with Gasteiger partial charge in [-0.2, -0.15) is 5.26 Å². The standard InChI is InChI=1S/C21H19N3O/c22-14-19-21(23-12-11-15-7-3-1-4-8-15)25-20(24-19)18-13-17(18)16-9-5-2-6-10-16/h1-10,17-18,23H,11-13H2/t17-,18+/m0/s1. The molecule has 3 aromatic rings. The van der Waals surface area contributed by atoms with E-state index in [-0.39, 0.29) is 5.92 Å². The first-order valence-corrected chi connectivity index (χ1v) is 8.58. The molecular weight excluding hydrogens is 310 g/mol. The molecule has 2 aromatic carbocycles. The largest absolute Gasteiger partial charge is 0.424 e. The fourth-order valence-electron chi connectivity index (χ4n) is 3.19. The van der Waals surface area contributed by atoms with E-state index in [1.165, 1.54) is 11.1 Å². The Morgan fingerprint density at radius 1 is 1.04 bits per heavy atom. The predicted molar refractivity (Wildman–Crippen MR) is 96.4 cm³/mol. The molecule has 1 aliphatic carbocycles. The maximum absolute atomic E-state index is 9.32. The molecule has 0 spiro atoms. The Morgan fingerprint density at radius 2 is 1.76 bits per heavy atom. The van der Waals surface area contributed by atoms with Crippen molar-refractivity contribution in [2.45, 2.75) is 24.7 Å². The molecular formula is C21H19N3O. The van der Waals surface area contributed by atoms with Gasteiger partial charge in [0, 0.05) is 12.5 Å². The molecule has 1 fully saturated rings. The highest BCUT2D eigenvalue weighted by Crippen LogP contribution is 2.54. The maximum Gasteiger partial charge on any atom is 0.232 e. The monoisotopic (exact) mass is 329 g/mol. The third-order valence-electron chi connectivity index (χ3n) is 4.63. The summed E-state index contributed by atoms with van der Waals surface area (Å²) in [6.45, 7) is 0.708. The second-order valence-electron chi connectivity index (χ2n) is 6.36. The Bertz CT molecular complexity index is 881. The van der Waals surface area contributed by atoms with Crippen molar-refractivity contribution in [3.8, 4) is 6.07 Å². The zero-order valence-corrected chi connectivity index (χ0v) is 13.9. The Labute approximate surface area is 147 Å². The van der Waals surface area contributed by atoms with Crippen molar-refractivity contribution >= 4 is 5.88 Å². The normalized spacial score (nSPS) is 18.5. The molecule has 4 nitrogen and oxygen atoms in total. The molecule has 0 saturated heterocycles. The van der Waals surface area contributed by atoms with Gasteiger partial charge in [0.2, 0.25) is 17.5 Å². The molecule has 1 saturated carbocycles. The average molecular weight is 329 g/mol. The smallest absolute Gasteiger partial charge is 0.232 e. The van der Waals surface area contributed by atoms with Gasteiger partial charge in [0.05, 0.1) is 0 Å². The molecule has 124 valence electrons. The summed E-state index contributed by atoms with van der Waals surface area (Å²) in [6.07, 6.45) is 1.90. The molecule has 1 aromatic heterocycles. The lowest BCUT2D eigenvalue weighted by molar-refractivity contribution is 0.505. The Morgan fingerprint density at radius 3 is 2.48 bits per heavy atom. The van der Waals surface area contributed by atoms with Gasteiger partial charge in [0.1, 0.15) is 6.07 Å². The second-order valence-corrected chi connectivity index (χ2v) is 6.36. The predicted octanol–water partition coefficient (Wildman–Crippen LogP) is 4.47. The number of hydrogen-bond donors (Lipinski definition) is 1. The van der Waals surface area contributed by atoms with E-state index in [0.717, 1.165) is 12.8 Å². The third-order valence-corrected chi connectivity index (χ3v) is 4.63. The quantitative estimate of drug-likeness (QED) is 0.724. The van der Waals surface area contributed by atoms with Gasteiger partial charge in [-0.05, 0) is 29.9 Å². The molecule has 4 rings (SSSR count). The van der Waals surface area contributed by atoms with Crippen molar-refractivity contribution < 1.29 is 4.42 Å². The van der Waals surface area contributed by atoms with E-state index in [4.69, 9.17) is 4.42 Å². The van der Waals surface area contributed by atoms with Crippen LogP contribution in [0.4, 0.5) is 5.88 Å². The molecule has 4 heteroatoms. The average Bonchev–Trinajstić information content (AvgIpc) is 3.37. The van der Waals surface area contributed by atoms with Crippen LogP contribution >= 0.6 is 0 Å². The summed E-state index contributed by atoms with van der Waals surface area (Å²) in [5, 5.41) is 12.5. The van der Waals surface area contributed by atoms with Crippen LogP contribution in [0, 0.1) is 11.3 Å². The molecule has 0 bridgehead atoms. The lowest BCUT2D eigenvalue weighted by Crippen LogP contribution is -2.05. The van der Waals surface area contributed by atoms with Gasteiger partial charge in [0.15, 0.2) is 0 Å². The topological polar surface area (TPSA) is 61.9 Å². The van der Waals surface area contributed by atoms with Gasteiger partial charge in [-0.15, -0.1) is 0 Å². The Balaban J connectivity index is 1.41. The molecule has 2 atom stereocenters. The summed E-state index contributed by atoms with van der Waals surface area (Å²) >= 11 is 0. The SMILES string of the molecule is N#Cc1nc([C@@H]2C[C@H]2c2ccccc2)oc1NCCc1ccccc1. The van der Waals surface area contributed by atoms with Crippen LogP contribution in [0.5, 0.6) is 0 Å². The lowest BCUT2D eigenvalue weighted by Gasteiger charge is -2.03. The minimum absolute atomic E-state index is 0.277. The summed E-state index contributed by atoms with van der Waals surface area (Å²) in [5.41, 5.74) is 2.91. The van der Waals surface area contributed by atoms with Gasteiger partial charge in [-0.3, -0.25) is 0 Å². The van der Waals surface area contributed by atoms with Crippen molar-refractivity contribution in [1.29, 1.82) is 5.26 Å². The minimum atomic E-state index is 0.277. The molecule has 0 radical (unpaired) electrons. The van der Waals surface area contributed by atoms with Crippen LogP contribution in [0.3, 0.4) is 0 Å². The van der Waals surface area contributed by atoms with Gasteiger partial charge >= 0.3 is 0 Å². The van der Waals surface area contributed by atoms with Crippen molar-refractivity contribution in [2.75, 3.05) is 11.9 Å². The first-order chi connectivity index (χ1) is 12.3. The number of nitriles is 1. The van der Waals surface area contributed by atoms with Crippen LogP contribution in [0.1, 0.15) is 41.0 Å². The second kappa shape index (κ2) is 6.82. The zero-order chi connectivity index (χ0) is 17.1. The van der Waals surface area contributed by atoms with Gasteiger partial charge in [-0.25, -0.2) is 4.98 Å². The van der Waals surface area contributed by atoms with Gasteiger partial charge in [-0.1, -0.05) is 60.7 Å². The van der Waals surface area contributed by atoms with E-state index in [0.29, 0.717) is 29.9 Å². The van der Waals surface area contributed by atoms with E-state index in [9.17, 15) is 5.26 Å². The zero-order valence-electron chi connectivity index (χ0n) is 13.9. The maximum atomic E-state index is 9.32. The molecule has 25 heavy (non-hydrogen) atoms. The van der Waals surface area contributed by atoms with E-state index in [2.05, 4.69) is 52.8 Å². The first-order valence-electron chi connectivity index (χ1n) is 8.58. The van der Waals surface area contributed by atoms with Crippen molar-refractivity contribution in [3.05, 3.63) is 83.4 Å². The van der Waals surface area contributed by atoms with E-state index in [1.54, 1.807) is 0 Å². The fraction of sp³-hybridized carbons (Fsp3) is 0.238. The van der Waals surface area contributed by atoms with Crippen LogP contribution in [0.25, 0.3) is 0 Å². The van der Waals surface area contributed by atoms with Gasteiger partial charge < -0.3 is 9.73 Å². The van der Waals surface area contributed by atoms with Crippen LogP contribution in [-0.4, -0.2) is 11.5 Å². The van der Waals surface area contributed by atoms with E-state index in [1.807, 2.05) is 24.3 Å². The lowest BCUT2D eigenvalue weighted by atomic mass is 10.1. The highest BCUT2D eigenvalue weighted by atomic mass is 16.4. The van der Waals surface area contributed by atoms with E-state index < -0.39 is 0 Å². The first kappa shape index (κ1) is 15.5. The molecule has 0 unspecified atom stereocenters. The Hall–Kier alpha value is -3.06. The molecule has 1 heterocycles. The molecule has 0 amide bonds. The highest BCUT2D eigenvalue weighted by Gasteiger charge is 2.43. The molecule has 1 aliphatic rings. The molecule has 0 aliphatic heterocycles. The van der Waals surface area contributed by atoms with Crippen LogP contribution < -0.4 is 5.32 Å². The number of hydrogen-bond acceptors (Lipinski definition) is 4. The minimum Gasteiger partial charge on any atom is -0.424 e. The number of nitrogens with one attached hydrogen (secondary N) is 1. The molecule has 1 N–H and O–H groups in total. The van der Waals surface area contributed by atoms with Crippen LogP contribution in [0.15, 0.2) is 65.1 Å². The van der Waals surface area contributed by atoms with Crippen molar-refractivity contribution in [2.24, 2.45) is 0 Å². The Kier molecular flexibility index (Phi) is 4.22. The third kappa shape index (κ3) is 3.41. The number of anilines is 1. The summed E-state index contributed by atoms with van der Waals surface area (Å²) < 4.78 is 5.87. The van der Waals surface area contributed by atoms with Crippen LogP contribution in [0.2, 0.25) is 0 Å². The summed E-state index contributed by atoms with van der Waals surface area (Å²) in [4.78, 5) is 4.40. The number of oxazole rings is 1. The van der Waals surface area contributed by atoms with Crippen LogP contribution in [-0.2, 0) is 6.42 Å². The highest BCUT2D eigenvalue weighted by molar-refractivity contribution is 5.46. The van der Waals surface area contributed by atoms with Crippen molar-refractivity contribution in [1.82, 2.24) is 4.98 Å². The summed E-state index contributed by atoms with van der Waals surface area (Å²) in [7, 11) is 0. The fourth-order valence-corrected chi connectivity index (χ4v) is 3.19. The number of nitrogens with zero attached hydrogens (tertiary/aromatic N) is 2. The summed E-state index contributed by atoms with van der Waals surface area (Å²) in [6, 6.07) is 22.8. The number of rotatable bonds is 6. The number of benzene rings is 2.